The summed E-state index contributed by atoms with van der Waals surface area (Å²) in [5, 5.41) is 4.33. The molecule has 0 spiro atoms. The second kappa shape index (κ2) is 4.97. The number of nitrogens with zero attached hydrogens (tertiary/aromatic N) is 2. The van der Waals surface area contributed by atoms with Gasteiger partial charge in [0, 0.05) is 30.9 Å². The van der Waals surface area contributed by atoms with Crippen molar-refractivity contribution in [3.8, 4) is 11.1 Å². The van der Waals surface area contributed by atoms with Gasteiger partial charge in [0.15, 0.2) is 5.78 Å². The molecule has 0 N–H and O–H groups in total. The highest BCUT2D eigenvalue weighted by molar-refractivity contribution is 6.02. The molecule has 1 aromatic heterocycles. The van der Waals surface area contributed by atoms with E-state index in [-0.39, 0.29) is 5.78 Å². The third-order valence-corrected chi connectivity index (χ3v) is 3.55. The molecular formula is C15H16N2O2. The first kappa shape index (κ1) is 12.1. The average Bonchev–Trinajstić information content (AvgIpc) is 3.04. The molecule has 0 aliphatic heterocycles. The average molecular weight is 256 g/mol. The molecule has 4 nitrogen and oxygen atoms in total. The Morgan fingerprint density at radius 2 is 2.16 bits per heavy atom. The Kier molecular flexibility index (Phi) is 3.17. The second-order valence-corrected chi connectivity index (χ2v) is 4.74. The number of fused-ring (bicyclic) bond motifs is 1. The van der Waals surface area contributed by atoms with Gasteiger partial charge < -0.3 is 4.74 Å². The zero-order valence-electron chi connectivity index (χ0n) is 10.9. The molecule has 98 valence electrons. The zero-order valence-corrected chi connectivity index (χ0v) is 10.9. The van der Waals surface area contributed by atoms with Crippen LogP contribution in [0.1, 0.15) is 22.3 Å². The summed E-state index contributed by atoms with van der Waals surface area (Å²) in [4.78, 5) is 11.8. The molecule has 3 rings (SSSR count). The number of ether oxygens (including phenoxy) is 1. The number of hydrogen-bond donors (Lipinski definition) is 0. The summed E-state index contributed by atoms with van der Waals surface area (Å²) < 4.78 is 6.91. The summed E-state index contributed by atoms with van der Waals surface area (Å²) in [5.41, 5.74) is 4.25. The van der Waals surface area contributed by atoms with Crippen molar-refractivity contribution in [2.75, 3.05) is 13.7 Å². The Morgan fingerprint density at radius 1 is 1.32 bits per heavy atom. The standard InChI is InChI=1S/C15H16N2O2/c1-19-8-7-17-10-11(9-16-17)12-3-2-4-14-13(12)5-6-15(14)18/h2-4,9-10H,5-8H2,1H3. The maximum Gasteiger partial charge on any atom is 0.163 e. The number of hydrogen-bond acceptors (Lipinski definition) is 3. The molecule has 0 saturated heterocycles. The van der Waals surface area contributed by atoms with Crippen molar-refractivity contribution in [3.63, 3.8) is 0 Å². The van der Waals surface area contributed by atoms with E-state index in [1.54, 1.807) is 7.11 Å². The molecule has 0 amide bonds. The van der Waals surface area contributed by atoms with Crippen LogP contribution < -0.4 is 0 Å². The van der Waals surface area contributed by atoms with Gasteiger partial charge in [-0.05, 0) is 17.5 Å². The van der Waals surface area contributed by atoms with Gasteiger partial charge in [-0.25, -0.2) is 0 Å². The van der Waals surface area contributed by atoms with Crippen LogP contribution in [0.5, 0.6) is 0 Å². The summed E-state index contributed by atoms with van der Waals surface area (Å²) >= 11 is 0. The lowest BCUT2D eigenvalue weighted by Gasteiger charge is -2.05. The van der Waals surface area contributed by atoms with Crippen LogP contribution in [-0.4, -0.2) is 29.3 Å². The third-order valence-electron chi connectivity index (χ3n) is 3.55. The number of benzene rings is 1. The molecule has 0 fully saturated rings. The Labute approximate surface area is 112 Å². The highest BCUT2D eigenvalue weighted by Crippen LogP contribution is 2.31. The van der Waals surface area contributed by atoms with E-state index in [9.17, 15) is 4.79 Å². The molecule has 1 heterocycles. The van der Waals surface area contributed by atoms with Crippen molar-refractivity contribution < 1.29 is 9.53 Å². The summed E-state index contributed by atoms with van der Waals surface area (Å²) in [6, 6.07) is 5.93. The molecule has 1 aliphatic rings. The van der Waals surface area contributed by atoms with E-state index in [1.165, 1.54) is 5.56 Å². The van der Waals surface area contributed by atoms with Gasteiger partial charge in [0.05, 0.1) is 19.3 Å². The highest BCUT2D eigenvalue weighted by atomic mass is 16.5. The molecule has 0 radical (unpaired) electrons. The van der Waals surface area contributed by atoms with Crippen molar-refractivity contribution in [2.24, 2.45) is 0 Å². The lowest BCUT2D eigenvalue weighted by atomic mass is 9.99. The Balaban J connectivity index is 1.95. The van der Waals surface area contributed by atoms with Crippen LogP contribution >= 0.6 is 0 Å². The smallest absolute Gasteiger partial charge is 0.163 e. The zero-order chi connectivity index (χ0) is 13.2. The predicted octanol–water partition coefficient (Wildman–Crippen LogP) is 2.33. The number of methoxy groups -OCH3 is 1. The van der Waals surface area contributed by atoms with E-state index in [0.29, 0.717) is 13.0 Å². The quantitative estimate of drug-likeness (QED) is 0.843. The fourth-order valence-corrected chi connectivity index (χ4v) is 2.57. The SMILES string of the molecule is COCCn1cc(-c2cccc3c2CCC3=O)cn1. The summed E-state index contributed by atoms with van der Waals surface area (Å²) in [5.74, 6) is 0.253. The minimum Gasteiger partial charge on any atom is -0.383 e. The number of ketones is 1. The first-order chi connectivity index (χ1) is 9.29. The molecule has 0 unspecified atom stereocenters. The van der Waals surface area contributed by atoms with Crippen molar-refractivity contribution in [2.45, 2.75) is 19.4 Å². The number of carbonyl (C=O) groups is 1. The van der Waals surface area contributed by atoms with Gasteiger partial charge in [0.2, 0.25) is 0 Å². The Bertz CT molecular complexity index is 616. The molecule has 0 bridgehead atoms. The molecule has 4 heteroatoms. The monoisotopic (exact) mass is 256 g/mol. The van der Waals surface area contributed by atoms with Crippen molar-refractivity contribution in [1.29, 1.82) is 0 Å². The Hall–Kier alpha value is -1.94. The molecule has 19 heavy (non-hydrogen) atoms. The first-order valence-corrected chi connectivity index (χ1v) is 6.46. The van der Waals surface area contributed by atoms with Crippen LogP contribution in [0.2, 0.25) is 0 Å². The van der Waals surface area contributed by atoms with E-state index in [1.807, 2.05) is 29.2 Å². The molecule has 2 aromatic rings. The molecular weight excluding hydrogens is 240 g/mol. The van der Waals surface area contributed by atoms with Gasteiger partial charge in [-0.15, -0.1) is 0 Å². The minimum atomic E-state index is 0.253. The van der Waals surface area contributed by atoms with Gasteiger partial charge in [-0.1, -0.05) is 18.2 Å². The topological polar surface area (TPSA) is 44.1 Å². The Morgan fingerprint density at radius 3 is 3.00 bits per heavy atom. The van der Waals surface area contributed by atoms with Crippen LogP contribution in [0.25, 0.3) is 11.1 Å². The fraction of sp³-hybridized carbons (Fsp3) is 0.333. The maximum absolute atomic E-state index is 11.8. The van der Waals surface area contributed by atoms with Gasteiger partial charge in [0.1, 0.15) is 0 Å². The van der Waals surface area contributed by atoms with Crippen molar-refractivity contribution in [1.82, 2.24) is 9.78 Å². The van der Waals surface area contributed by atoms with Gasteiger partial charge in [0.25, 0.3) is 0 Å². The van der Waals surface area contributed by atoms with E-state index >= 15 is 0 Å². The van der Waals surface area contributed by atoms with E-state index in [4.69, 9.17) is 4.74 Å². The summed E-state index contributed by atoms with van der Waals surface area (Å²) in [6.07, 6.45) is 5.34. The summed E-state index contributed by atoms with van der Waals surface area (Å²) in [7, 11) is 1.68. The second-order valence-electron chi connectivity index (χ2n) is 4.74. The lowest BCUT2D eigenvalue weighted by Crippen LogP contribution is -2.03. The fourth-order valence-electron chi connectivity index (χ4n) is 2.57. The van der Waals surface area contributed by atoms with E-state index < -0.39 is 0 Å². The normalized spacial score (nSPS) is 13.8. The summed E-state index contributed by atoms with van der Waals surface area (Å²) in [6.45, 7) is 1.39. The van der Waals surface area contributed by atoms with Crippen LogP contribution in [0, 0.1) is 0 Å². The van der Waals surface area contributed by atoms with Gasteiger partial charge in [-0.2, -0.15) is 5.10 Å². The lowest BCUT2D eigenvalue weighted by molar-refractivity contribution is 0.0994. The maximum atomic E-state index is 11.8. The number of Topliss-reactive ketones (excluding diaryl/α,β-unsaturated/α-hetero) is 1. The van der Waals surface area contributed by atoms with Crippen molar-refractivity contribution >= 4 is 5.78 Å². The molecule has 0 atom stereocenters. The van der Waals surface area contributed by atoms with E-state index in [2.05, 4.69) is 11.2 Å². The highest BCUT2D eigenvalue weighted by Gasteiger charge is 2.22. The molecule has 0 saturated carbocycles. The first-order valence-electron chi connectivity index (χ1n) is 6.46. The van der Waals surface area contributed by atoms with Gasteiger partial charge in [-0.3, -0.25) is 9.48 Å². The third kappa shape index (κ3) is 2.19. The molecule has 1 aliphatic carbocycles. The van der Waals surface area contributed by atoms with Crippen molar-refractivity contribution in [3.05, 3.63) is 41.7 Å². The number of rotatable bonds is 4. The van der Waals surface area contributed by atoms with Crippen LogP contribution in [0.3, 0.4) is 0 Å². The van der Waals surface area contributed by atoms with E-state index in [0.717, 1.165) is 29.7 Å². The van der Waals surface area contributed by atoms with Gasteiger partial charge >= 0.3 is 0 Å². The predicted molar refractivity (Wildman–Crippen MR) is 72.2 cm³/mol. The van der Waals surface area contributed by atoms with Crippen LogP contribution in [0.15, 0.2) is 30.6 Å². The number of carbonyl (C=O) groups excluding carboxylic acids is 1. The number of aromatic nitrogens is 2. The molecule has 1 aromatic carbocycles. The largest absolute Gasteiger partial charge is 0.383 e. The van der Waals surface area contributed by atoms with Crippen LogP contribution in [0.4, 0.5) is 0 Å². The minimum absolute atomic E-state index is 0.253. The van der Waals surface area contributed by atoms with Crippen LogP contribution in [-0.2, 0) is 17.7 Å².